The minimum absolute atomic E-state index is 0.308. The number of hydrogen-bond acceptors (Lipinski definition) is 4. The number of aromatic amines is 1. The van der Waals surface area contributed by atoms with Crippen molar-refractivity contribution in [3.05, 3.63) is 71.5 Å². The number of aliphatic hydroxyl groups is 2. The third-order valence-electron chi connectivity index (χ3n) is 5.80. The van der Waals surface area contributed by atoms with Crippen molar-refractivity contribution >= 4 is 44.8 Å². The van der Waals surface area contributed by atoms with Gasteiger partial charge < -0.3 is 19.8 Å². The lowest BCUT2D eigenvalue weighted by molar-refractivity contribution is -0.122. The molecule has 1 aliphatic heterocycles. The Hall–Kier alpha value is -3.68. The van der Waals surface area contributed by atoms with Gasteiger partial charge in [-0.15, -0.1) is 0 Å². The highest BCUT2D eigenvalue weighted by atomic mass is 16.3. The predicted molar refractivity (Wildman–Crippen MR) is 118 cm³/mol. The van der Waals surface area contributed by atoms with Gasteiger partial charge in [0.15, 0.2) is 0 Å². The highest BCUT2D eigenvalue weighted by Gasteiger charge is 2.34. The molecule has 0 saturated carbocycles. The van der Waals surface area contributed by atoms with Gasteiger partial charge in [0.2, 0.25) is 0 Å². The standard InChI is InChI=1S/C24H21N3O4/c1-27-11-18(16-4-2-3-5-20(16)27)22-21(23(30)26-24(22)31)17-10-25-19-9-13(6-7-15(17)19)8-14(29)12-28/h2-7,9-11,14,25,28-29H,8,12H2,1H3,(H,26,30,31). The molecule has 4 aromatic rings. The molecule has 0 fully saturated rings. The highest BCUT2D eigenvalue weighted by Crippen LogP contribution is 2.38. The van der Waals surface area contributed by atoms with Crippen LogP contribution < -0.4 is 5.32 Å². The van der Waals surface area contributed by atoms with Crippen LogP contribution in [-0.4, -0.2) is 44.3 Å². The van der Waals surface area contributed by atoms with Crippen LogP contribution in [0, 0.1) is 0 Å². The van der Waals surface area contributed by atoms with E-state index in [2.05, 4.69) is 10.3 Å². The zero-order chi connectivity index (χ0) is 21.7. The van der Waals surface area contributed by atoms with E-state index in [1.54, 1.807) is 6.20 Å². The van der Waals surface area contributed by atoms with Crippen LogP contribution in [0.2, 0.25) is 0 Å². The molecule has 7 nitrogen and oxygen atoms in total. The Morgan fingerprint density at radius 3 is 2.52 bits per heavy atom. The summed E-state index contributed by atoms with van der Waals surface area (Å²) in [5.74, 6) is -0.831. The molecule has 5 rings (SSSR count). The first-order valence-electron chi connectivity index (χ1n) is 10.0. The second kappa shape index (κ2) is 7.23. The number of H-pyrrole nitrogens is 1. The van der Waals surface area contributed by atoms with Crippen molar-refractivity contribution in [2.45, 2.75) is 12.5 Å². The Labute approximate surface area is 177 Å². The number of aromatic nitrogens is 2. The molecular weight excluding hydrogens is 394 g/mol. The minimum Gasteiger partial charge on any atom is -0.394 e. The summed E-state index contributed by atoms with van der Waals surface area (Å²) >= 11 is 0. The van der Waals surface area contributed by atoms with E-state index < -0.39 is 17.9 Å². The largest absolute Gasteiger partial charge is 0.394 e. The number of imide groups is 1. The van der Waals surface area contributed by atoms with Crippen molar-refractivity contribution in [2.24, 2.45) is 7.05 Å². The Morgan fingerprint density at radius 2 is 1.74 bits per heavy atom. The van der Waals surface area contributed by atoms with Gasteiger partial charge in [-0.3, -0.25) is 14.9 Å². The van der Waals surface area contributed by atoms with Crippen molar-refractivity contribution in [3.63, 3.8) is 0 Å². The summed E-state index contributed by atoms with van der Waals surface area (Å²) in [5.41, 5.74) is 4.69. The number of carbonyl (C=O) groups excluding carboxylic acids is 2. The molecule has 1 atom stereocenters. The number of para-hydroxylation sites is 1. The molecule has 1 aliphatic rings. The number of nitrogens with zero attached hydrogens (tertiary/aromatic N) is 1. The summed E-state index contributed by atoms with van der Waals surface area (Å²) in [6.07, 6.45) is 3.10. The summed E-state index contributed by atoms with van der Waals surface area (Å²) in [7, 11) is 1.91. The number of carbonyl (C=O) groups is 2. The molecule has 0 aliphatic carbocycles. The van der Waals surface area contributed by atoms with Crippen LogP contribution in [0.5, 0.6) is 0 Å². The van der Waals surface area contributed by atoms with Gasteiger partial charge in [0.25, 0.3) is 11.8 Å². The quantitative estimate of drug-likeness (QED) is 0.375. The number of aliphatic hydroxyl groups excluding tert-OH is 2. The molecule has 4 N–H and O–H groups in total. The minimum atomic E-state index is -0.828. The molecule has 2 aromatic heterocycles. The van der Waals surface area contributed by atoms with E-state index in [-0.39, 0.29) is 6.61 Å². The average Bonchev–Trinajstić information content (AvgIpc) is 3.40. The fourth-order valence-electron chi connectivity index (χ4n) is 4.35. The molecule has 0 saturated heterocycles. The van der Waals surface area contributed by atoms with Crippen LogP contribution in [0.1, 0.15) is 16.7 Å². The number of aryl methyl sites for hydroxylation is 1. The van der Waals surface area contributed by atoms with E-state index in [9.17, 15) is 14.7 Å². The summed E-state index contributed by atoms with van der Waals surface area (Å²) in [4.78, 5) is 28.8. The van der Waals surface area contributed by atoms with Gasteiger partial charge in [0.1, 0.15) is 0 Å². The molecule has 3 heterocycles. The highest BCUT2D eigenvalue weighted by molar-refractivity contribution is 6.50. The van der Waals surface area contributed by atoms with E-state index in [0.29, 0.717) is 28.7 Å². The van der Waals surface area contributed by atoms with E-state index in [0.717, 1.165) is 27.4 Å². The SMILES string of the molecule is Cn1cc(C2=C(c3c[nH]c4cc(CC(O)CO)ccc34)C(=O)NC2=O)c2ccccc21. The lowest BCUT2D eigenvalue weighted by atomic mass is 9.95. The number of nitrogens with one attached hydrogen (secondary N) is 2. The molecule has 0 bridgehead atoms. The van der Waals surface area contributed by atoms with Crippen LogP contribution in [0.4, 0.5) is 0 Å². The summed E-state index contributed by atoms with van der Waals surface area (Å²) in [6, 6.07) is 13.4. The molecule has 0 spiro atoms. The van der Waals surface area contributed by atoms with Crippen molar-refractivity contribution in [1.82, 2.24) is 14.9 Å². The molecular formula is C24H21N3O4. The number of rotatable bonds is 5. The molecule has 2 aromatic carbocycles. The predicted octanol–water partition coefficient (Wildman–Crippen LogP) is 2.12. The Bertz CT molecular complexity index is 1390. The van der Waals surface area contributed by atoms with Crippen LogP contribution in [0.25, 0.3) is 33.0 Å². The maximum absolute atomic E-state index is 12.8. The van der Waals surface area contributed by atoms with Crippen molar-refractivity contribution < 1.29 is 19.8 Å². The van der Waals surface area contributed by atoms with Crippen molar-refractivity contribution in [2.75, 3.05) is 6.61 Å². The average molecular weight is 415 g/mol. The fraction of sp³-hybridized carbons (Fsp3) is 0.167. The maximum Gasteiger partial charge on any atom is 0.259 e. The van der Waals surface area contributed by atoms with E-state index in [4.69, 9.17) is 5.11 Å². The lowest BCUT2D eigenvalue weighted by Gasteiger charge is -2.07. The maximum atomic E-state index is 12.8. The third-order valence-corrected chi connectivity index (χ3v) is 5.80. The summed E-state index contributed by atoms with van der Waals surface area (Å²) in [5, 5.41) is 23.0. The van der Waals surface area contributed by atoms with Gasteiger partial charge in [-0.1, -0.05) is 30.3 Å². The molecule has 7 heteroatoms. The fourth-order valence-corrected chi connectivity index (χ4v) is 4.35. The van der Waals surface area contributed by atoms with Gasteiger partial charge in [0.05, 0.1) is 23.9 Å². The van der Waals surface area contributed by atoms with Crippen LogP contribution >= 0.6 is 0 Å². The lowest BCUT2D eigenvalue weighted by Crippen LogP contribution is -2.22. The van der Waals surface area contributed by atoms with Crippen molar-refractivity contribution in [1.29, 1.82) is 0 Å². The zero-order valence-electron chi connectivity index (χ0n) is 16.8. The molecule has 1 unspecified atom stereocenters. The number of benzene rings is 2. The molecule has 2 amide bonds. The summed E-state index contributed by atoms with van der Waals surface area (Å²) in [6.45, 7) is -0.308. The Morgan fingerprint density at radius 1 is 1.00 bits per heavy atom. The topological polar surface area (TPSA) is 107 Å². The molecule has 31 heavy (non-hydrogen) atoms. The monoisotopic (exact) mass is 415 g/mol. The first-order chi connectivity index (χ1) is 15.0. The van der Waals surface area contributed by atoms with Gasteiger partial charge in [0, 0.05) is 58.8 Å². The zero-order valence-corrected chi connectivity index (χ0v) is 16.8. The first-order valence-corrected chi connectivity index (χ1v) is 10.0. The number of hydrogen-bond donors (Lipinski definition) is 4. The third kappa shape index (κ3) is 3.06. The summed E-state index contributed by atoms with van der Waals surface area (Å²) < 4.78 is 1.94. The second-order valence-corrected chi connectivity index (χ2v) is 7.83. The van der Waals surface area contributed by atoms with Gasteiger partial charge in [-0.2, -0.15) is 0 Å². The Kier molecular flexibility index (Phi) is 4.50. The van der Waals surface area contributed by atoms with Crippen LogP contribution in [0.15, 0.2) is 54.9 Å². The van der Waals surface area contributed by atoms with Gasteiger partial charge in [-0.25, -0.2) is 0 Å². The van der Waals surface area contributed by atoms with Crippen LogP contribution in [-0.2, 0) is 23.1 Å². The molecule has 156 valence electrons. The van der Waals surface area contributed by atoms with E-state index in [1.807, 2.05) is 60.3 Å². The normalized spacial score (nSPS) is 15.3. The van der Waals surface area contributed by atoms with E-state index >= 15 is 0 Å². The van der Waals surface area contributed by atoms with Crippen LogP contribution in [0.3, 0.4) is 0 Å². The number of fused-ring (bicyclic) bond motifs is 2. The first kappa shape index (κ1) is 19.3. The Balaban J connectivity index is 1.70. The van der Waals surface area contributed by atoms with Crippen molar-refractivity contribution in [3.8, 4) is 0 Å². The smallest absolute Gasteiger partial charge is 0.259 e. The second-order valence-electron chi connectivity index (χ2n) is 7.83. The number of amides is 2. The van der Waals surface area contributed by atoms with Gasteiger partial charge >= 0.3 is 0 Å². The van der Waals surface area contributed by atoms with Gasteiger partial charge in [-0.05, 0) is 17.7 Å². The van der Waals surface area contributed by atoms with E-state index in [1.165, 1.54) is 0 Å². The molecule has 0 radical (unpaired) electrons.